The largest absolute Gasteiger partial charge is 0.508 e. The lowest BCUT2D eigenvalue weighted by Gasteiger charge is -2.21. The summed E-state index contributed by atoms with van der Waals surface area (Å²) in [6.45, 7) is 6.64. The van der Waals surface area contributed by atoms with Crippen molar-refractivity contribution in [2.75, 3.05) is 11.9 Å². The Balaban J connectivity index is 1.88. The number of benzene rings is 1. The molecule has 0 amide bonds. The Morgan fingerprint density at radius 2 is 2.16 bits per heavy atom. The summed E-state index contributed by atoms with van der Waals surface area (Å²) in [7, 11) is 0. The van der Waals surface area contributed by atoms with E-state index in [1.807, 2.05) is 39.0 Å². The van der Waals surface area contributed by atoms with Crippen LogP contribution < -0.4 is 5.32 Å². The highest BCUT2D eigenvalue weighted by atomic mass is 32.2. The zero-order valence-corrected chi connectivity index (χ0v) is 15.2. The van der Waals surface area contributed by atoms with Gasteiger partial charge in [-0.05, 0) is 38.5 Å². The van der Waals surface area contributed by atoms with E-state index < -0.39 is 0 Å². The van der Waals surface area contributed by atoms with Crippen molar-refractivity contribution >= 4 is 34.6 Å². The van der Waals surface area contributed by atoms with Gasteiger partial charge in [0.1, 0.15) is 11.1 Å². The van der Waals surface area contributed by atoms with Crippen molar-refractivity contribution in [1.82, 2.24) is 14.9 Å². The third-order valence-corrected chi connectivity index (χ3v) is 5.46. The number of likely N-dealkylation sites (N-methyl/N-ethyl adjacent to an activating group) is 1. The minimum atomic E-state index is -0.208. The maximum atomic E-state index is 11.3. The molecule has 0 spiro atoms. The van der Waals surface area contributed by atoms with Gasteiger partial charge in [-0.1, -0.05) is 17.8 Å². The molecular formula is C18H20N4O2S. The summed E-state index contributed by atoms with van der Waals surface area (Å²) >= 11 is 1.50. The number of carbonyl (C=O) groups is 1. The smallest absolute Gasteiger partial charge is 0.227 e. The number of phenols is 1. The number of rotatable bonds is 5. The van der Waals surface area contributed by atoms with Crippen LogP contribution in [0.3, 0.4) is 0 Å². The molecule has 2 heterocycles. The van der Waals surface area contributed by atoms with Crippen LogP contribution in [-0.4, -0.2) is 38.2 Å². The Labute approximate surface area is 151 Å². The number of hydrogen-bond donors (Lipinski definition) is 2. The van der Waals surface area contributed by atoms with Crippen LogP contribution >= 0.6 is 11.8 Å². The molecule has 2 N–H and O–H groups in total. The molecule has 0 fully saturated rings. The lowest BCUT2D eigenvalue weighted by Crippen LogP contribution is -2.28. The van der Waals surface area contributed by atoms with Gasteiger partial charge in [-0.2, -0.15) is 0 Å². The number of nitrogens with one attached hydrogen (secondary N) is 1. The molecule has 25 heavy (non-hydrogen) atoms. The topological polar surface area (TPSA) is 78.3 Å². The molecule has 1 atom stereocenters. The summed E-state index contributed by atoms with van der Waals surface area (Å²) in [6.07, 6.45) is 2.64. The third-order valence-electron chi connectivity index (χ3n) is 4.12. The van der Waals surface area contributed by atoms with Gasteiger partial charge < -0.3 is 20.1 Å². The first kappa shape index (κ1) is 17.3. The number of thioether (sulfide) groups is 1. The van der Waals surface area contributed by atoms with E-state index in [0.717, 1.165) is 34.7 Å². The van der Waals surface area contributed by atoms with E-state index in [1.54, 1.807) is 12.3 Å². The number of aldehydes is 1. The van der Waals surface area contributed by atoms with Crippen LogP contribution in [0, 0.1) is 6.92 Å². The Morgan fingerprint density at radius 1 is 1.36 bits per heavy atom. The minimum Gasteiger partial charge on any atom is -0.508 e. The molecule has 0 aliphatic carbocycles. The van der Waals surface area contributed by atoms with Crippen LogP contribution in [0.15, 0.2) is 36.2 Å². The van der Waals surface area contributed by atoms with Gasteiger partial charge in [0.15, 0.2) is 6.29 Å². The maximum absolute atomic E-state index is 11.3. The first-order valence-corrected chi connectivity index (χ1v) is 8.91. The lowest BCUT2D eigenvalue weighted by atomic mass is 10.2. The second-order valence-corrected chi connectivity index (χ2v) is 6.86. The standard InChI is InChI=1S/C18H20N4O2S/c1-4-22-12(3)17(25-16(22)10-23)14-7-8-19-18(21-14)20-13-6-5-11(2)15(24)9-13/h5-10,16,24H,4H2,1-3H3,(H,19,20,21). The monoisotopic (exact) mass is 356 g/mol. The summed E-state index contributed by atoms with van der Waals surface area (Å²) in [5, 5.41) is 12.7. The first-order chi connectivity index (χ1) is 12.0. The molecule has 6 nitrogen and oxygen atoms in total. The number of aromatic hydroxyl groups is 1. The molecule has 0 saturated heterocycles. The van der Waals surface area contributed by atoms with Gasteiger partial charge in [-0.25, -0.2) is 9.97 Å². The van der Waals surface area contributed by atoms with Gasteiger partial charge in [0.2, 0.25) is 5.95 Å². The maximum Gasteiger partial charge on any atom is 0.227 e. The number of aryl methyl sites for hydroxylation is 1. The summed E-state index contributed by atoms with van der Waals surface area (Å²) < 4.78 is 0. The molecule has 1 aliphatic rings. The van der Waals surface area contributed by atoms with Crippen molar-refractivity contribution in [3.63, 3.8) is 0 Å². The van der Waals surface area contributed by atoms with Crippen LogP contribution in [0.2, 0.25) is 0 Å². The van der Waals surface area contributed by atoms with Crippen LogP contribution in [0.5, 0.6) is 5.75 Å². The first-order valence-electron chi connectivity index (χ1n) is 8.03. The van der Waals surface area contributed by atoms with Crippen molar-refractivity contribution in [2.24, 2.45) is 0 Å². The van der Waals surface area contributed by atoms with Crippen LogP contribution in [-0.2, 0) is 4.79 Å². The number of hydrogen-bond acceptors (Lipinski definition) is 7. The molecule has 1 unspecified atom stereocenters. The zero-order chi connectivity index (χ0) is 18.0. The van der Waals surface area contributed by atoms with E-state index in [0.29, 0.717) is 11.6 Å². The number of aromatic nitrogens is 2. The van der Waals surface area contributed by atoms with Crippen molar-refractivity contribution < 1.29 is 9.90 Å². The average molecular weight is 356 g/mol. The Morgan fingerprint density at radius 3 is 2.80 bits per heavy atom. The highest BCUT2D eigenvalue weighted by molar-refractivity contribution is 8.09. The average Bonchev–Trinajstić information content (AvgIpc) is 2.94. The minimum absolute atomic E-state index is 0.208. The molecule has 1 aliphatic heterocycles. The van der Waals surface area contributed by atoms with Gasteiger partial charge >= 0.3 is 0 Å². The highest BCUT2D eigenvalue weighted by Gasteiger charge is 2.30. The highest BCUT2D eigenvalue weighted by Crippen LogP contribution is 2.42. The van der Waals surface area contributed by atoms with Crippen LogP contribution in [0.25, 0.3) is 4.91 Å². The number of anilines is 2. The Bertz CT molecular complexity index is 838. The van der Waals surface area contributed by atoms with Gasteiger partial charge in [0.25, 0.3) is 0 Å². The third kappa shape index (κ3) is 3.46. The van der Waals surface area contributed by atoms with Crippen LogP contribution in [0.1, 0.15) is 25.1 Å². The second-order valence-electron chi connectivity index (χ2n) is 5.74. The van der Waals surface area contributed by atoms with E-state index in [-0.39, 0.29) is 11.1 Å². The molecule has 0 radical (unpaired) electrons. The van der Waals surface area contributed by atoms with Crippen molar-refractivity contribution in [3.8, 4) is 5.75 Å². The van der Waals surface area contributed by atoms with E-state index >= 15 is 0 Å². The molecule has 7 heteroatoms. The number of carbonyl (C=O) groups excluding carboxylic acids is 1. The van der Waals surface area contributed by atoms with Crippen LogP contribution in [0.4, 0.5) is 11.6 Å². The Hall–Kier alpha value is -2.54. The molecular weight excluding hydrogens is 336 g/mol. The molecule has 130 valence electrons. The fraction of sp³-hybridized carbons (Fsp3) is 0.278. The van der Waals surface area contributed by atoms with Crippen molar-refractivity contribution in [3.05, 3.63) is 47.4 Å². The van der Waals surface area contributed by atoms with E-state index in [9.17, 15) is 9.90 Å². The molecule has 2 aromatic rings. The number of allylic oxidation sites excluding steroid dienone is 1. The molecule has 1 aromatic heterocycles. The quantitative estimate of drug-likeness (QED) is 0.794. The summed E-state index contributed by atoms with van der Waals surface area (Å²) in [6, 6.07) is 7.17. The fourth-order valence-corrected chi connectivity index (χ4v) is 3.97. The van der Waals surface area contributed by atoms with Crippen molar-refractivity contribution in [2.45, 2.75) is 26.1 Å². The zero-order valence-electron chi connectivity index (χ0n) is 14.4. The molecule has 1 aromatic carbocycles. The van der Waals surface area contributed by atoms with E-state index in [4.69, 9.17) is 0 Å². The van der Waals surface area contributed by atoms with Gasteiger partial charge in [-0.3, -0.25) is 0 Å². The fourth-order valence-electron chi connectivity index (χ4n) is 2.72. The Kier molecular flexibility index (Phi) is 4.94. The lowest BCUT2D eigenvalue weighted by molar-refractivity contribution is -0.109. The second kappa shape index (κ2) is 7.14. The number of nitrogens with zero attached hydrogens (tertiary/aromatic N) is 3. The van der Waals surface area contributed by atoms with Gasteiger partial charge in [0, 0.05) is 30.2 Å². The van der Waals surface area contributed by atoms with E-state index in [1.165, 1.54) is 11.8 Å². The predicted octanol–water partition coefficient (Wildman–Crippen LogP) is 3.52. The summed E-state index contributed by atoms with van der Waals surface area (Å²) in [5.41, 5.74) is 3.34. The normalized spacial score (nSPS) is 17.1. The number of phenolic OH excluding ortho intramolecular Hbond substituents is 1. The molecule has 3 rings (SSSR count). The van der Waals surface area contributed by atoms with Crippen molar-refractivity contribution in [1.29, 1.82) is 0 Å². The molecule has 0 bridgehead atoms. The predicted molar refractivity (Wildman–Crippen MR) is 101 cm³/mol. The van der Waals surface area contributed by atoms with E-state index in [2.05, 4.69) is 20.2 Å². The van der Waals surface area contributed by atoms with Gasteiger partial charge in [0.05, 0.1) is 10.6 Å². The summed E-state index contributed by atoms with van der Waals surface area (Å²) in [4.78, 5) is 23.2. The summed E-state index contributed by atoms with van der Waals surface area (Å²) in [5.74, 6) is 0.665. The van der Waals surface area contributed by atoms with Gasteiger partial charge in [-0.15, -0.1) is 0 Å². The molecule has 0 saturated carbocycles. The SMILES string of the molecule is CCN1C(C)=C(c2ccnc(Nc3ccc(C)c(O)c3)n2)SC1C=O.